The maximum absolute atomic E-state index is 3.66. The summed E-state index contributed by atoms with van der Waals surface area (Å²) in [5.74, 6) is 0.813. The predicted molar refractivity (Wildman–Crippen MR) is 97.1 cm³/mol. The average Bonchev–Trinajstić information content (AvgIpc) is 2.84. The molecule has 0 spiro atoms. The summed E-state index contributed by atoms with van der Waals surface area (Å²) in [7, 11) is 0. The molecule has 0 saturated carbocycles. The SMILES string of the molecule is C=C(C)C(=C)C.CC1Cc2c(-c3ccccc3)cccc2[CH]1[Zr]. The third kappa shape index (κ3) is 4.42. The molecule has 3 rings (SSSR count). The molecular weight excluding hydrogens is 355 g/mol. The summed E-state index contributed by atoms with van der Waals surface area (Å²) in [6, 6.07) is 17.6. The van der Waals surface area contributed by atoms with Crippen LogP contribution in [-0.4, -0.2) is 0 Å². The number of fused-ring (bicyclic) bond motifs is 1. The molecule has 2 aromatic rings. The molecule has 2 unspecified atom stereocenters. The molecule has 0 radical (unpaired) electrons. The van der Waals surface area contributed by atoms with Gasteiger partial charge in [0.2, 0.25) is 0 Å². The van der Waals surface area contributed by atoms with Gasteiger partial charge in [-0.05, 0) is 13.8 Å². The van der Waals surface area contributed by atoms with E-state index in [0.29, 0.717) is 0 Å². The van der Waals surface area contributed by atoms with Gasteiger partial charge in [0.25, 0.3) is 0 Å². The molecule has 0 bridgehead atoms. The molecule has 2 aromatic carbocycles. The molecule has 0 nitrogen and oxygen atoms in total. The Morgan fingerprint density at radius 1 is 0.957 bits per heavy atom. The van der Waals surface area contributed by atoms with E-state index in [9.17, 15) is 0 Å². The van der Waals surface area contributed by atoms with E-state index in [1.807, 2.05) is 13.8 Å². The number of benzene rings is 2. The summed E-state index contributed by atoms with van der Waals surface area (Å²) >= 11 is 1.65. The fourth-order valence-corrected chi connectivity index (χ4v) is 3.71. The molecule has 117 valence electrons. The van der Waals surface area contributed by atoms with Crippen molar-refractivity contribution in [3.05, 3.63) is 84.0 Å². The molecule has 2 atom stereocenters. The molecule has 0 amide bonds. The fourth-order valence-electron chi connectivity index (χ4n) is 2.76. The van der Waals surface area contributed by atoms with Gasteiger partial charge in [-0.3, -0.25) is 0 Å². The van der Waals surface area contributed by atoms with Crippen LogP contribution in [0.1, 0.15) is 35.5 Å². The van der Waals surface area contributed by atoms with Crippen LogP contribution in [0.15, 0.2) is 72.8 Å². The van der Waals surface area contributed by atoms with Crippen LogP contribution in [0.5, 0.6) is 0 Å². The van der Waals surface area contributed by atoms with Gasteiger partial charge < -0.3 is 0 Å². The average molecular weight is 381 g/mol. The number of hydrogen-bond donors (Lipinski definition) is 0. The van der Waals surface area contributed by atoms with Crippen LogP contribution in [0.3, 0.4) is 0 Å². The fraction of sp³-hybridized carbons (Fsp3) is 0.273. The van der Waals surface area contributed by atoms with Gasteiger partial charge in [0.15, 0.2) is 0 Å². The zero-order valence-electron chi connectivity index (χ0n) is 14.4. The van der Waals surface area contributed by atoms with Crippen molar-refractivity contribution in [3.63, 3.8) is 0 Å². The number of allylic oxidation sites excluding steroid dienone is 2. The van der Waals surface area contributed by atoms with Gasteiger partial charge in [-0.1, -0.05) is 24.3 Å². The van der Waals surface area contributed by atoms with Gasteiger partial charge in [-0.2, -0.15) is 0 Å². The molecule has 1 aliphatic rings. The van der Waals surface area contributed by atoms with E-state index >= 15 is 0 Å². The van der Waals surface area contributed by atoms with E-state index in [1.165, 1.54) is 17.5 Å². The molecule has 0 aliphatic heterocycles. The Balaban J connectivity index is 0.000000277. The van der Waals surface area contributed by atoms with E-state index < -0.39 is 0 Å². The van der Waals surface area contributed by atoms with E-state index in [1.54, 1.807) is 35.8 Å². The summed E-state index contributed by atoms with van der Waals surface area (Å²) < 4.78 is 0.792. The third-order valence-electron chi connectivity index (χ3n) is 4.46. The Labute approximate surface area is 156 Å². The van der Waals surface area contributed by atoms with Gasteiger partial charge >= 0.3 is 118 Å². The second kappa shape index (κ2) is 8.07. The predicted octanol–water partition coefficient (Wildman–Crippen LogP) is 6.27. The van der Waals surface area contributed by atoms with Crippen LogP contribution in [0.25, 0.3) is 11.1 Å². The molecule has 0 aromatic heterocycles. The van der Waals surface area contributed by atoms with Crippen LogP contribution in [0.2, 0.25) is 0 Å². The van der Waals surface area contributed by atoms with Crippen LogP contribution in [0, 0.1) is 5.92 Å². The molecule has 1 heteroatoms. The molecule has 0 fully saturated rings. The molecular formula is C22H25Zr. The van der Waals surface area contributed by atoms with Crippen LogP contribution >= 0.6 is 0 Å². The standard InChI is InChI=1S/C16H15.C6H10.Zr/c1-12-10-14-8-5-9-15(16(14)11-12)13-6-3-2-4-7-13;1-5(2)6(3)4;/h2-10,12H,11H2,1H3;1,3H2,2,4H3;. The van der Waals surface area contributed by atoms with Crippen molar-refractivity contribution >= 4 is 0 Å². The van der Waals surface area contributed by atoms with Gasteiger partial charge in [0.05, 0.1) is 0 Å². The van der Waals surface area contributed by atoms with Crippen molar-refractivity contribution in [2.45, 2.75) is 30.8 Å². The Morgan fingerprint density at radius 2 is 1.57 bits per heavy atom. The van der Waals surface area contributed by atoms with Crippen molar-refractivity contribution in [3.8, 4) is 11.1 Å². The molecule has 0 N–H and O–H groups in total. The molecule has 23 heavy (non-hydrogen) atoms. The van der Waals surface area contributed by atoms with E-state index in [2.05, 4.69) is 68.6 Å². The topological polar surface area (TPSA) is 0 Å². The summed E-state index contributed by atoms with van der Waals surface area (Å²) in [6.45, 7) is 13.6. The third-order valence-corrected chi connectivity index (χ3v) is 6.62. The quantitative estimate of drug-likeness (QED) is 0.538. The zero-order valence-corrected chi connectivity index (χ0v) is 16.9. The Kier molecular flexibility index (Phi) is 6.36. The van der Waals surface area contributed by atoms with Crippen LogP contribution < -0.4 is 0 Å². The normalized spacial score (nSPS) is 18.5. The first-order valence-corrected chi connectivity index (χ1v) is 9.53. The van der Waals surface area contributed by atoms with Crippen molar-refractivity contribution in [1.82, 2.24) is 0 Å². The first kappa shape index (κ1) is 18.1. The minimum atomic E-state index is 0.792. The van der Waals surface area contributed by atoms with Crippen molar-refractivity contribution in [1.29, 1.82) is 0 Å². The van der Waals surface area contributed by atoms with E-state index in [0.717, 1.165) is 20.7 Å². The summed E-state index contributed by atoms with van der Waals surface area (Å²) in [5, 5.41) is 0. The second-order valence-electron chi connectivity index (χ2n) is 6.46. The van der Waals surface area contributed by atoms with Crippen molar-refractivity contribution in [2.75, 3.05) is 0 Å². The monoisotopic (exact) mass is 379 g/mol. The van der Waals surface area contributed by atoms with Gasteiger partial charge in [0.1, 0.15) is 0 Å². The second-order valence-corrected chi connectivity index (χ2v) is 7.99. The van der Waals surface area contributed by atoms with Crippen LogP contribution in [0.4, 0.5) is 0 Å². The first-order valence-electron chi connectivity index (χ1n) is 8.11. The number of rotatable bonds is 2. The first-order chi connectivity index (χ1) is 10.9. The summed E-state index contributed by atoms with van der Waals surface area (Å²) in [6.07, 6.45) is 1.25. The van der Waals surface area contributed by atoms with E-state index in [-0.39, 0.29) is 0 Å². The zero-order chi connectivity index (χ0) is 17.0. The Bertz CT molecular complexity index is 685. The van der Waals surface area contributed by atoms with Crippen molar-refractivity contribution in [2.24, 2.45) is 5.92 Å². The molecule has 1 aliphatic carbocycles. The van der Waals surface area contributed by atoms with Crippen molar-refractivity contribution < 1.29 is 24.7 Å². The Hall–Kier alpha value is -1.20. The van der Waals surface area contributed by atoms with Gasteiger partial charge in [0, 0.05) is 0 Å². The molecule has 0 saturated heterocycles. The van der Waals surface area contributed by atoms with Gasteiger partial charge in [-0.15, -0.1) is 0 Å². The number of hydrogen-bond acceptors (Lipinski definition) is 0. The summed E-state index contributed by atoms with van der Waals surface area (Å²) in [5.41, 5.74) is 8.12. The molecule has 0 heterocycles. The minimum absolute atomic E-state index is 0.792. The Morgan fingerprint density at radius 3 is 2.13 bits per heavy atom. The maximum atomic E-state index is 3.66. The summed E-state index contributed by atoms with van der Waals surface area (Å²) in [4.78, 5) is 0. The van der Waals surface area contributed by atoms with E-state index in [4.69, 9.17) is 0 Å². The van der Waals surface area contributed by atoms with Crippen LogP contribution in [-0.2, 0) is 31.1 Å². The van der Waals surface area contributed by atoms with Gasteiger partial charge in [-0.25, -0.2) is 0 Å².